The van der Waals surface area contributed by atoms with Gasteiger partial charge in [0.25, 0.3) is 11.3 Å². The van der Waals surface area contributed by atoms with E-state index >= 15 is 0 Å². The third kappa shape index (κ3) is 4.09. The first kappa shape index (κ1) is 18.1. The Morgan fingerprint density at radius 1 is 1.15 bits per heavy atom. The summed E-state index contributed by atoms with van der Waals surface area (Å²) in [6.45, 7) is 5.08. The van der Waals surface area contributed by atoms with E-state index in [4.69, 9.17) is 0 Å². The second kappa shape index (κ2) is 8.12. The van der Waals surface area contributed by atoms with Crippen molar-refractivity contribution in [3.8, 4) is 0 Å². The Morgan fingerprint density at radius 3 is 2.62 bits per heavy atom. The van der Waals surface area contributed by atoms with Crippen LogP contribution in [0.2, 0.25) is 0 Å². The van der Waals surface area contributed by atoms with E-state index in [-0.39, 0.29) is 11.2 Å². The van der Waals surface area contributed by atoms with Crippen LogP contribution in [-0.2, 0) is 13.6 Å². The molecule has 1 aliphatic heterocycles. The molecule has 0 bridgehead atoms. The van der Waals surface area contributed by atoms with Gasteiger partial charge in [-0.2, -0.15) is 5.10 Å². The third-order valence-corrected chi connectivity index (χ3v) is 4.77. The number of nitrogens with zero attached hydrogens (tertiary/aromatic N) is 5. The van der Waals surface area contributed by atoms with Crippen LogP contribution in [0, 0.1) is 6.08 Å². The van der Waals surface area contributed by atoms with Gasteiger partial charge in [0, 0.05) is 45.8 Å². The Hall–Kier alpha value is -2.70. The maximum absolute atomic E-state index is 11.9. The highest BCUT2D eigenvalue weighted by atomic mass is 16.3. The number of hydrogen-bond donors (Lipinski definition) is 1. The molecule has 2 heterocycles. The van der Waals surface area contributed by atoms with E-state index in [0.29, 0.717) is 12.3 Å². The van der Waals surface area contributed by atoms with Crippen LogP contribution in [0.15, 0.2) is 45.5 Å². The zero-order chi connectivity index (χ0) is 18.5. The molecule has 1 fully saturated rings. The first-order chi connectivity index (χ1) is 12.6. The van der Waals surface area contributed by atoms with Crippen LogP contribution in [0.25, 0.3) is 0 Å². The van der Waals surface area contributed by atoms with E-state index in [1.54, 1.807) is 12.2 Å². The molecule has 138 valence electrons. The highest BCUT2D eigenvalue weighted by Crippen LogP contribution is 2.17. The lowest BCUT2D eigenvalue weighted by molar-refractivity contribution is 0.155. The van der Waals surface area contributed by atoms with Gasteiger partial charge in [-0.15, -0.1) is 0 Å². The van der Waals surface area contributed by atoms with E-state index in [1.807, 2.05) is 6.08 Å². The van der Waals surface area contributed by atoms with Crippen molar-refractivity contribution < 1.29 is 5.11 Å². The number of piperazine rings is 1. The number of hydrogen-bond acceptors (Lipinski definition) is 6. The molecule has 8 heteroatoms. The number of aliphatic hydroxyl groups is 1. The van der Waals surface area contributed by atoms with E-state index < -0.39 is 0 Å². The summed E-state index contributed by atoms with van der Waals surface area (Å²) in [6, 6.07) is 0. The van der Waals surface area contributed by atoms with Crippen LogP contribution in [0.5, 0.6) is 0 Å². The molecular weight excluding hydrogens is 334 g/mol. The molecule has 0 radical (unpaired) electrons. The highest BCUT2D eigenvalue weighted by Gasteiger charge is 2.24. The van der Waals surface area contributed by atoms with E-state index in [2.05, 4.69) is 21.0 Å². The average Bonchev–Trinajstić information content (AvgIpc) is 2.66. The number of aryl methyl sites for hydroxylation is 1. The van der Waals surface area contributed by atoms with Gasteiger partial charge in [-0.25, -0.2) is 9.48 Å². The minimum atomic E-state index is -0.383. The van der Waals surface area contributed by atoms with Crippen LogP contribution in [0.4, 0.5) is 0 Å². The van der Waals surface area contributed by atoms with Crippen LogP contribution in [0.3, 0.4) is 0 Å². The molecule has 8 nitrogen and oxygen atoms in total. The van der Waals surface area contributed by atoms with E-state index in [9.17, 15) is 14.7 Å². The summed E-state index contributed by atoms with van der Waals surface area (Å²) in [5.41, 5.74) is 0.0871. The van der Waals surface area contributed by atoms with Gasteiger partial charge < -0.3 is 10.0 Å². The predicted octanol–water partition coefficient (Wildman–Crippen LogP) is 0.0386. The largest absolute Gasteiger partial charge is 0.486 e. The number of unbranched alkanes of at least 4 members (excludes halogenated alkanes) is 1. The third-order valence-electron chi connectivity index (χ3n) is 4.77. The Morgan fingerprint density at radius 2 is 1.88 bits per heavy atom. The zero-order valence-electron chi connectivity index (χ0n) is 15.0. The van der Waals surface area contributed by atoms with Crippen molar-refractivity contribution in [2.45, 2.75) is 19.4 Å². The van der Waals surface area contributed by atoms with Crippen molar-refractivity contribution in [2.24, 2.45) is 7.05 Å². The second-order valence-corrected chi connectivity index (χ2v) is 6.50. The van der Waals surface area contributed by atoms with Crippen molar-refractivity contribution in [2.75, 3.05) is 32.7 Å². The van der Waals surface area contributed by atoms with Gasteiger partial charge in [-0.1, -0.05) is 0 Å². The summed E-state index contributed by atoms with van der Waals surface area (Å²) in [4.78, 5) is 27.8. The average molecular weight is 358 g/mol. The lowest BCUT2D eigenvalue weighted by atomic mass is 10.1. The number of aliphatic hydroxyl groups excluding tert-OH is 1. The molecular formula is C18H24N5O3+. The van der Waals surface area contributed by atoms with Crippen LogP contribution in [0.1, 0.15) is 12.8 Å². The topological polar surface area (TPSA) is 83.6 Å². The fourth-order valence-corrected chi connectivity index (χ4v) is 3.15. The molecule has 1 aromatic heterocycles. The number of rotatable bonds is 6. The van der Waals surface area contributed by atoms with Crippen molar-refractivity contribution >= 4 is 0 Å². The lowest BCUT2D eigenvalue weighted by Gasteiger charge is -2.34. The van der Waals surface area contributed by atoms with Crippen molar-refractivity contribution in [1.82, 2.24) is 24.1 Å². The minimum absolute atomic E-state index is 0.299. The Labute approximate surface area is 152 Å². The quantitative estimate of drug-likeness (QED) is 0.571. The summed E-state index contributed by atoms with van der Waals surface area (Å²) in [5.74, 6) is 0.299. The maximum atomic E-state index is 11.9. The SMILES string of the molecule is Cn1c(=O)cnn(CCCCN2CCN(C3=C(O)C=C[C+]=C3)CC2)c1=O. The summed E-state index contributed by atoms with van der Waals surface area (Å²) < 4.78 is 2.41. The standard InChI is InChI=1S/C18H23N5O3/c1-20-17(25)14-19-23(18(20)26)9-5-4-8-21-10-12-22(13-11-21)15-6-2-3-7-16(15)24/h3,6-7,14H,4-5,8-13H2,1H3/p+1. The molecule has 1 N–H and O–H groups in total. The molecule has 1 aromatic rings. The predicted molar refractivity (Wildman–Crippen MR) is 97.6 cm³/mol. The number of allylic oxidation sites excluding steroid dienone is 4. The van der Waals surface area contributed by atoms with E-state index in [1.165, 1.54) is 17.9 Å². The van der Waals surface area contributed by atoms with Crippen LogP contribution < -0.4 is 11.2 Å². The molecule has 2 aliphatic rings. The first-order valence-electron chi connectivity index (χ1n) is 8.86. The van der Waals surface area contributed by atoms with Gasteiger partial charge in [0.05, 0.1) is 6.08 Å². The van der Waals surface area contributed by atoms with Crippen LogP contribution in [-0.4, -0.2) is 62.0 Å². The molecule has 0 spiro atoms. The van der Waals surface area contributed by atoms with Crippen LogP contribution >= 0.6 is 0 Å². The van der Waals surface area contributed by atoms with Gasteiger partial charge in [-0.05, 0) is 19.4 Å². The molecule has 1 saturated heterocycles. The number of aromatic nitrogens is 3. The molecule has 1 aliphatic carbocycles. The fraction of sp³-hybridized carbons (Fsp3) is 0.500. The van der Waals surface area contributed by atoms with Gasteiger partial charge in [-0.3, -0.25) is 14.3 Å². The Bertz CT molecular complexity index is 841. The highest BCUT2D eigenvalue weighted by molar-refractivity contribution is 5.33. The van der Waals surface area contributed by atoms with E-state index in [0.717, 1.165) is 55.8 Å². The zero-order valence-corrected chi connectivity index (χ0v) is 15.0. The summed E-state index contributed by atoms with van der Waals surface area (Å²) in [6.07, 6.45) is 11.2. The van der Waals surface area contributed by atoms with Gasteiger partial charge in [0.1, 0.15) is 18.3 Å². The lowest BCUT2D eigenvalue weighted by Crippen LogP contribution is -2.46. The monoisotopic (exact) mass is 358 g/mol. The fourth-order valence-electron chi connectivity index (χ4n) is 3.15. The van der Waals surface area contributed by atoms with Crippen molar-refractivity contribution in [3.05, 3.63) is 62.8 Å². The van der Waals surface area contributed by atoms with Gasteiger partial charge in [0.15, 0.2) is 5.70 Å². The summed E-state index contributed by atoms with van der Waals surface area (Å²) in [5, 5.41) is 13.8. The molecule has 0 saturated carbocycles. The molecule has 3 rings (SSSR count). The maximum Gasteiger partial charge on any atom is 0.347 e. The summed E-state index contributed by atoms with van der Waals surface area (Å²) >= 11 is 0. The van der Waals surface area contributed by atoms with Gasteiger partial charge in [0.2, 0.25) is 0 Å². The molecule has 0 amide bonds. The molecule has 0 aromatic carbocycles. The van der Waals surface area contributed by atoms with Crippen molar-refractivity contribution in [3.63, 3.8) is 0 Å². The molecule has 0 atom stereocenters. The second-order valence-electron chi connectivity index (χ2n) is 6.50. The Kier molecular flexibility index (Phi) is 5.65. The molecule has 26 heavy (non-hydrogen) atoms. The van der Waals surface area contributed by atoms with Crippen molar-refractivity contribution in [1.29, 1.82) is 0 Å². The smallest absolute Gasteiger partial charge is 0.347 e. The molecule has 0 unspecified atom stereocenters. The normalized spacial score (nSPS) is 17.7. The Balaban J connectivity index is 1.42. The van der Waals surface area contributed by atoms with Gasteiger partial charge >= 0.3 is 5.69 Å². The summed E-state index contributed by atoms with van der Waals surface area (Å²) in [7, 11) is 1.46. The first-order valence-corrected chi connectivity index (χ1v) is 8.86. The minimum Gasteiger partial charge on any atom is -0.486 e.